The summed E-state index contributed by atoms with van der Waals surface area (Å²) in [6, 6.07) is -0.0721. The zero-order valence-corrected chi connectivity index (χ0v) is 19.9. The number of likely N-dealkylation sites (tertiary alicyclic amines) is 2. The van der Waals surface area contributed by atoms with Crippen molar-refractivity contribution in [2.24, 2.45) is 5.92 Å². The van der Waals surface area contributed by atoms with Gasteiger partial charge in [0.1, 0.15) is 5.82 Å². The van der Waals surface area contributed by atoms with Gasteiger partial charge in [0.15, 0.2) is 5.82 Å². The number of nitrogens with one attached hydrogen (secondary N) is 1. The molecule has 0 unspecified atom stereocenters. The first-order chi connectivity index (χ1) is 15.5. The van der Waals surface area contributed by atoms with Crippen LogP contribution >= 0.6 is 0 Å². The van der Waals surface area contributed by atoms with Crippen LogP contribution in [-0.2, 0) is 22.6 Å². The number of nitrogens with zero attached hydrogens (tertiary/aromatic N) is 5. The third-order valence-electron chi connectivity index (χ3n) is 7.50. The van der Waals surface area contributed by atoms with Gasteiger partial charge in [0.05, 0.1) is 18.3 Å². The van der Waals surface area contributed by atoms with Crippen molar-refractivity contribution in [1.82, 2.24) is 24.7 Å². The van der Waals surface area contributed by atoms with Gasteiger partial charge in [-0.25, -0.2) is 9.97 Å². The van der Waals surface area contributed by atoms with E-state index >= 15 is 0 Å². The van der Waals surface area contributed by atoms with Crippen molar-refractivity contribution in [3.63, 3.8) is 0 Å². The minimum atomic E-state index is -0.0721. The average Bonchev–Trinajstić information content (AvgIpc) is 2.83. The number of rotatable bonds is 5. The highest BCUT2D eigenvalue weighted by Crippen LogP contribution is 2.34. The molecular weight excluding hydrogens is 404 g/mol. The molecule has 8 heteroatoms. The quantitative estimate of drug-likeness (QED) is 0.755. The van der Waals surface area contributed by atoms with E-state index in [1.165, 1.54) is 0 Å². The van der Waals surface area contributed by atoms with Gasteiger partial charge >= 0.3 is 0 Å². The molecule has 0 bridgehead atoms. The van der Waals surface area contributed by atoms with Crippen molar-refractivity contribution >= 4 is 17.6 Å². The van der Waals surface area contributed by atoms with Crippen LogP contribution in [0.2, 0.25) is 0 Å². The molecule has 3 aliphatic heterocycles. The fraction of sp³-hybridized carbons (Fsp3) is 0.750. The number of carbonyl (C=O) groups is 2. The standard InChI is InChI=1S/C24H38N6O2/c1-4-28-12-8-18(9-13-28)15-22(32)30-11-6-5-7-21(30)24-26-20-16-29(17(2)31)14-10-19(20)23(25-3)27-24/h18,21H,4-16H2,1-3H3,(H,25,26,27)/t21-/m0/s1. The van der Waals surface area contributed by atoms with Crippen LogP contribution in [0.3, 0.4) is 0 Å². The van der Waals surface area contributed by atoms with Gasteiger partial charge in [-0.2, -0.15) is 0 Å². The summed E-state index contributed by atoms with van der Waals surface area (Å²) in [6.45, 7) is 9.12. The Labute approximate surface area is 191 Å². The molecule has 0 aromatic carbocycles. The van der Waals surface area contributed by atoms with Crippen LogP contribution in [0.1, 0.15) is 75.5 Å². The minimum Gasteiger partial charge on any atom is -0.373 e. The van der Waals surface area contributed by atoms with Crippen LogP contribution in [0, 0.1) is 5.92 Å². The Morgan fingerprint density at radius 1 is 1.06 bits per heavy atom. The number of fused-ring (bicyclic) bond motifs is 1. The molecule has 3 aliphatic rings. The third kappa shape index (κ3) is 4.90. The number of carbonyl (C=O) groups excluding carboxylic acids is 2. The molecule has 32 heavy (non-hydrogen) atoms. The predicted octanol–water partition coefficient (Wildman–Crippen LogP) is 2.60. The van der Waals surface area contributed by atoms with E-state index in [0.29, 0.717) is 25.4 Å². The second kappa shape index (κ2) is 10.1. The topological polar surface area (TPSA) is 81.7 Å². The minimum absolute atomic E-state index is 0.0721. The predicted molar refractivity (Wildman–Crippen MR) is 124 cm³/mol. The summed E-state index contributed by atoms with van der Waals surface area (Å²) >= 11 is 0. The van der Waals surface area contributed by atoms with E-state index in [1.54, 1.807) is 6.92 Å². The maximum Gasteiger partial charge on any atom is 0.223 e. The van der Waals surface area contributed by atoms with Crippen molar-refractivity contribution in [3.8, 4) is 0 Å². The fourth-order valence-electron chi connectivity index (χ4n) is 5.44. The Balaban J connectivity index is 1.52. The summed E-state index contributed by atoms with van der Waals surface area (Å²) in [6.07, 6.45) is 6.64. The highest BCUT2D eigenvalue weighted by molar-refractivity contribution is 5.77. The van der Waals surface area contributed by atoms with Crippen LogP contribution < -0.4 is 5.32 Å². The van der Waals surface area contributed by atoms with Crippen molar-refractivity contribution in [2.45, 2.75) is 71.4 Å². The van der Waals surface area contributed by atoms with E-state index in [-0.39, 0.29) is 17.9 Å². The zero-order valence-electron chi connectivity index (χ0n) is 19.9. The molecule has 2 amide bonds. The lowest BCUT2D eigenvalue weighted by Gasteiger charge is -2.37. The van der Waals surface area contributed by atoms with E-state index < -0.39 is 0 Å². The van der Waals surface area contributed by atoms with Gasteiger partial charge in [-0.1, -0.05) is 6.92 Å². The molecule has 1 aromatic heterocycles. The van der Waals surface area contributed by atoms with Gasteiger partial charge in [0.25, 0.3) is 0 Å². The molecule has 0 aliphatic carbocycles. The molecule has 4 heterocycles. The van der Waals surface area contributed by atoms with E-state index in [0.717, 1.165) is 87.6 Å². The summed E-state index contributed by atoms with van der Waals surface area (Å²) in [5, 5.41) is 3.24. The second-order valence-electron chi connectivity index (χ2n) is 9.48. The lowest BCUT2D eigenvalue weighted by atomic mass is 9.91. The van der Waals surface area contributed by atoms with Gasteiger partial charge in [-0.15, -0.1) is 0 Å². The van der Waals surface area contributed by atoms with Crippen molar-refractivity contribution < 1.29 is 9.59 Å². The van der Waals surface area contributed by atoms with Crippen molar-refractivity contribution in [2.75, 3.05) is 45.1 Å². The number of piperidine rings is 2. The van der Waals surface area contributed by atoms with E-state index in [9.17, 15) is 9.59 Å². The maximum atomic E-state index is 13.4. The van der Waals surface area contributed by atoms with Crippen LogP contribution in [0.5, 0.6) is 0 Å². The van der Waals surface area contributed by atoms with Crippen LogP contribution in [0.25, 0.3) is 0 Å². The highest BCUT2D eigenvalue weighted by atomic mass is 16.2. The summed E-state index contributed by atoms with van der Waals surface area (Å²) < 4.78 is 0. The molecule has 1 aromatic rings. The van der Waals surface area contributed by atoms with Crippen LogP contribution in [-0.4, -0.2) is 76.3 Å². The molecule has 1 N–H and O–H groups in total. The molecule has 2 fully saturated rings. The Morgan fingerprint density at radius 2 is 1.84 bits per heavy atom. The summed E-state index contributed by atoms with van der Waals surface area (Å²) in [7, 11) is 1.89. The molecule has 4 rings (SSSR count). The van der Waals surface area contributed by atoms with Gasteiger partial charge in [-0.05, 0) is 64.1 Å². The smallest absolute Gasteiger partial charge is 0.223 e. The average molecular weight is 443 g/mol. The Hall–Kier alpha value is -2.22. The first-order valence-corrected chi connectivity index (χ1v) is 12.3. The van der Waals surface area contributed by atoms with Gasteiger partial charge < -0.3 is 20.0 Å². The molecule has 0 saturated carbocycles. The molecule has 176 valence electrons. The normalized spacial score (nSPS) is 22.5. The van der Waals surface area contributed by atoms with Crippen molar-refractivity contribution in [1.29, 1.82) is 0 Å². The number of hydrogen-bond donors (Lipinski definition) is 1. The molecule has 1 atom stereocenters. The van der Waals surface area contributed by atoms with E-state index in [4.69, 9.17) is 9.97 Å². The summed E-state index contributed by atoms with van der Waals surface area (Å²) in [5.74, 6) is 2.38. The molecule has 2 saturated heterocycles. The fourth-order valence-corrected chi connectivity index (χ4v) is 5.44. The lowest BCUT2D eigenvalue weighted by Crippen LogP contribution is -2.42. The van der Waals surface area contributed by atoms with Crippen LogP contribution in [0.15, 0.2) is 0 Å². The largest absolute Gasteiger partial charge is 0.373 e. The van der Waals surface area contributed by atoms with E-state index in [2.05, 4.69) is 17.1 Å². The Morgan fingerprint density at radius 3 is 2.53 bits per heavy atom. The molecule has 8 nitrogen and oxygen atoms in total. The van der Waals surface area contributed by atoms with Crippen LogP contribution in [0.4, 0.5) is 5.82 Å². The Kier molecular flexibility index (Phi) is 7.28. The van der Waals surface area contributed by atoms with Gasteiger partial charge in [0, 0.05) is 39.0 Å². The second-order valence-corrected chi connectivity index (χ2v) is 9.48. The monoisotopic (exact) mass is 442 g/mol. The molecule has 0 spiro atoms. The van der Waals surface area contributed by atoms with Gasteiger partial charge in [-0.3, -0.25) is 9.59 Å². The molecular formula is C24H38N6O2. The summed E-state index contributed by atoms with van der Waals surface area (Å²) in [5.41, 5.74) is 2.02. The molecule has 0 radical (unpaired) electrons. The first-order valence-electron chi connectivity index (χ1n) is 12.3. The SMILES string of the molecule is CCN1CCC(CC(=O)N2CCCC[C@H]2c2nc3c(c(NC)n2)CCN(C(C)=O)C3)CC1. The maximum absolute atomic E-state index is 13.4. The number of aromatic nitrogens is 2. The van der Waals surface area contributed by atoms with Crippen molar-refractivity contribution in [3.05, 3.63) is 17.1 Å². The summed E-state index contributed by atoms with van der Waals surface area (Å²) in [4.78, 5) is 41.5. The van der Waals surface area contributed by atoms with E-state index in [1.807, 2.05) is 16.8 Å². The third-order valence-corrected chi connectivity index (χ3v) is 7.50. The Bertz CT molecular complexity index is 836. The lowest BCUT2D eigenvalue weighted by molar-refractivity contribution is -0.136. The highest BCUT2D eigenvalue weighted by Gasteiger charge is 2.33. The first kappa shape index (κ1) is 23.0. The number of anilines is 1. The number of amides is 2. The zero-order chi connectivity index (χ0) is 22.7. The number of hydrogen-bond acceptors (Lipinski definition) is 6. The van der Waals surface area contributed by atoms with Gasteiger partial charge in [0.2, 0.25) is 11.8 Å².